The van der Waals surface area contributed by atoms with Crippen LogP contribution < -0.4 is 0 Å². The molecule has 0 aliphatic rings. The highest BCUT2D eigenvalue weighted by Crippen LogP contribution is 2.14. The van der Waals surface area contributed by atoms with Crippen LogP contribution in [0.1, 0.15) is 18.1 Å². The van der Waals surface area contributed by atoms with Gasteiger partial charge < -0.3 is 0 Å². The third kappa shape index (κ3) is 3.64. The second-order valence-corrected chi connectivity index (χ2v) is 6.53. The molecule has 0 atom stereocenters. The first-order valence-electron chi connectivity index (χ1n) is 6.32. The summed E-state index contributed by atoms with van der Waals surface area (Å²) in [5.41, 5.74) is 2.14. The van der Waals surface area contributed by atoms with Gasteiger partial charge in [0.1, 0.15) is 0 Å². The second-order valence-electron chi connectivity index (χ2n) is 4.42. The van der Waals surface area contributed by atoms with Gasteiger partial charge in [0.05, 0.1) is 10.6 Å². The summed E-state index contributed by atoms with van der Waals surface area (Å²) in [6.45, 7) is 2.05. The van der Waals surface area contributed by atoms with Crippen molar-refractivity contribution in [3.63, 3.8) is 0 Å². The van der Waals surface area contributed by atoms with Crippen molar-refractivity contribution in [1.29, 1.82) is 0 Å². The number of benzene rings is 1. The van der Waals surface area contributed by atoms with Crippen LogP contribution >= 0.6 is 0 Å². The molecule has 0 saturated carbocycles. The summed E-state index contributed by atoms with van der Waals surface area (Å²) >= 11 is 0. The minimum absolute atomic E-state index is 0.127. The van der Waals surface area contributed by atoms with Crippen LogP contribution in [0, 0.1) is 0 Å². The molecule has 2 aromatic rings. The Morgan fingerprint density at radius 1 is 0.947 bits per heavy atom. The Balaban J connectivity index is 2.09. The zero-order valence-corrected chi connectivity index (χ0v) is 11.7. The SMILES string of the molecule is CCc1ccc(S(=O)(=O)CCc2ccncc2)cc1. The van der Waals surface area contributed by atoms with E-state index in [2.05, 4.69) is 4.98 Å². The fraction of sp³-hybridized carbons (Fsp3) is 0.267. The molecule has 1 heterocycles. The molecule has 0 spiro atoms. The van der Waals surface area contributed by atoms with Gasteiger partial charge in [0.15, 0.2) is 9.84 Å². The maximum Gasteiger partial charge on any atom is 0.178 e. The largest absolute Gasteiger partial charge is 0.265 e. The van der Waals surface area contributed by atoms with Crippen LogP contribution in [-0.4, -0.2) is 19.2 Å². The number of aryl methyl sites for hydroxylation is 2. The normalized spacial score (nSPS) is 11.4. The Hall–Kier alpha value is -1.68. The van der Waals surface area contributed by atoms with Gasteiger partial charge in [0, 0.05) is 12.4 Å². The molecule has 0 aliphatic heterocycles. The third-order valence-corrected chi connectivity index (χ3v) is 4.83. The Morgan fingerprint density at radius 2 is 1.58 bits per heavy atom. The van der Waals surface area contributed by atoms with E-state index >= 15 is 0 Å². The van der Waals surface area contributed by atoms with E-state index in [4.69, 9.17) is 0 Å². The summed E-state index contributed by atoms with van der Waals surface area (Å²) in [5.74, 6) is 0.127. The summed E-state index contributed by atoms with van der Waals surface area (Å²) in [6.07, 6.45) is 4.79. The lowest BCUT2D eigenvalue weighted by molar-refractivity contribution is 0.595. The number of aromatic nitrogens is 1. The number of hydrogen-bond acceptors (Lipinski definition) is 3. The van der Waals surface area contributed by atoms with Crippen molar-refractivity contribution in [3.05, 3.63) is 59.9 Å². The molecule has 0 bridgehead atoms. The predicted octanol–water partition coefficient (Wildman–Crippen LogP) is 2.66. The lowest BCUT2D eigenvalue weighted by Crippen LogP contribution is -2.09. The molecule has 0 fully saturated rings. The standard InChI is InChI=1S/C15H17NO2S/c1-2-13-3-5-15(6-4-13)19(17,18)12-9-14-7-10-16-11-8-14/h3-8,10-11H,2,9,12H2,1H3. The number of rotatable bonds is 5. The molecule has 0 amide bonds. The Kier molecular flexibility index (Phi) is 4.32. The molecule has 3 nitrogen and oxygen atoms in total. The van der Waals surface area contributed by atoms with Crippen molar-refractivity contribution >= 4 is 9.84 Å². The van der Waals surface area contributed by atoms with Gasteiger partial charge in [0.2, 0.25) is 0 Å². The molecule has 0 radical (unpaired) electrons. The fourth-order valence-corrected chi connectivity index (χ4v) is 3.14. The van der Waals surface area contributed by atoms with Crippen LogP contribution in [0.2, 0.25) is 0 Å². The molecule has 1 aromatic carbocycles. The Morgan fingerprint density at radius 3 is 2.16 bits per heavy atom. The van der Waals surface area contributed by atoms with Gasteiger partial charge in [-0.3, -0.25) is 4.98 Å². The first-order valence-corrected chi connectivity index (χ1v) is 7.97. The Labute approximate surface area is 114 Å². The Bertz CT molecular complexity index is 619. The van der Waals surface area contributed by atoms with E-state index in [1.54, 1.807) is 24.5 Å². The summed E-state index contributed by atoms with van der Waals surface area (Å²) < 4.78 is 24.4. The lowest BCUT2D eigenvalue weighted by atomic mass is 10.2. The van der Waals surface area contributed by atoms with E-state index in [-0.39, 0.29) is 5.75 Å². The highest BCUT2D eigenvalue weighted by Gasteiger charge is 2.14. The van der Waals surface area contributed by atoms with Crippen LogP contribution in [0.5, 0.6) is 0 Å². The molecule has 4 heteroatoms. The van der Waals surface area contributed by atoms with Gasteiger partial charge in [-0.25, -0.2) is 8.42 Å². The highest BCUT2D eigenvalue weighted by atomic mass is 32.2. The van der Waals surface area contributed by atoms with Crippen LogP contribution in [0.3, 0.4) is 0 Å². The lowest BCUT2D eigenvalue weighted by Gasteiger charge is -2.05. The zero-order valence-electron chi connectivity index (χ0n) is 10.9. The monoisotopic (exact) mass is 275 g/mol. The average molecular weight is 275 g/mol. The second kappa shape index (κ2) is 5.97. The summed E-state index contributed by atoms with van der Waals surface area (Å²) in [6, 6.07) is 10.8. The molecule has 2 rings (SSSR count). The minimum atomic E-state index is -3.20. The van der Waals surface area contributed by atoms with Gasteiger partial charge in [-0.05, 0) is 48.2 Å². The van der Waals surface area contributed by atoms with Gasteiger partial charge in [-0.2, -0.15) is 0 Å². The van der Waals surface area contributed by atoms with Crippen LogP contribution in [0.25, 0.3) is 0 Å². The third-order valence-electron chi connectivity index (χ3n) is 3.10. The number of pyridine rings is 1. The van der Waals surface area contributed by atoms with Crippen molar-refractivity contribution in [1.82, 2.24) is 4.98 Å². The van der Waals surface area contributed by atoms with E-state index in [1.165, 1.54) is 0 Å². The van der Waals surface area contributed by atoms with E-state index in [1.807, 2.05) is 31.2 Å². The molecule has 19 heavy (non-hydrogen) atoms. The van der Waals surface area contributed by atoms with Crippen LogP contribution in [0.15, 0.2) is 53.7 Å². The number of nitrogens with zero attached hydrogens (tertiary/aromatic N) is 1. The van der Waals surface area contributed by atoms with Crippen LogP contribution in [0.4, 0.5) is 0 Å². The van der Waals surface area contributed by atoms with E-state index in [0.717, 1.165) is 17.5 Å². The molecular weight excluding hydrogens is 258 g/mol. The molecule has 0 aliphatic carbocycles. The maximum absolute atomic E-state index is 12.2. The first-order chi connectivity index (χ1) is 9.12. The maximum atomic E-state index is 12.2. The topological polar surface area (TPSA) is 47.0 Å². The molecule has 0 unspecified atom stereocenters. The molecule has 100 valence electrons. The van der Waals surface area contributed by atoms with Crippen molar-refractivity contribution in [3.8, 4) is 0 Å². The predicted molar refractivity (Wildman–Crippen MR) is 75.8 cm³/mol. The quantitative estimate of drug-likeness (QED) is 0.843. The summed E-state index contributed by atoms with van der Waals surface area (Å²) in [7, 11) is -3.20. The van der Waals surface area contributed by atoms with Crippen molar-refractivity contribution in [2.75, 3.05) is 5.75 Å². The van der Waals surface area contributed by atoms with Crippen molar-refractivity contribution in [2.24, 2.45) is 0 Å². The highest BCUT2D eigenvalue weighted by molar-refractivity contribution is 7.91. The molecule has 0 N–H and O–H groups in total. The molecule has 1 aromatic heterocycles. The van der Waals surface area contributed by atoms with E-state index in [9.17, 15) is 8.42 Å². The first kappa shape index (κ1) is 13.7. The molecular formula is C15H17NO2S. The van der Waals surface area contributed by atoms with Gasteiger partial charge in [0.25, 0.3) is 0 Å². The van der Waals surface area contributed by atoms with E-state index in [0.29, 0.717) is 11.3 Å². The van der Waals surface area contributed by atoms with E-state index < -0.39 is 9.84 Å². The van der Waals surface area contributed by atoms with Crippen molar-refractivity contribution in [2.45, 2.75) is 24.7 Å². The summed E-state index contributed by atoms with van der Waals surface area (Å²) in [5, 5.41) is 0. The number of sulfone groups is 1. The van der Waals surface area contributed by atoms with Crippen molar-refractivity contribution < 1.29 is 8.42 Å². The number of hydrogen-bond donors (Lipinski definition) is 0. The fourth-order valence-electron chi connectivity index (χ4n) is 1.85. The smallest absolute Gasteiger partial charge is 0.178 e. The van der Waals surface area contributed by atoms with Gasteiger partial charge >= 0.3 is 0 Å². The van der Waals surface area contributed by atoms with Gasteiger partial charge in [-0.1, -0.05) is 19.1 Å². The zero-order chi connectivity index (χ0) is 13.7. The van der Waals surface area contributed by atoms with Gasteiger partial charge in [-0.15, -0.1) is 0 Å². The summed E-state index contributed by atoms with van der Waals surface area (Å²) in [4.78, 5) is 4.32. The average Bonchev–Trinajstić information content (AvgIpc) is 2.46. The molecule has 0 saturated heterocycles. The minimum Gasteiger partial charge on any atom is -0.265 e. The van der Waals surface area contributed by atoms with Crippen LogP contribution in [-0.2, 0) is 22.7 Å².